The first kappa shape index (κ1) is 11.3. The van der Waals surface area contributed by atoms with Crippen molar-refractivity contribution in [2.45, 2.75) is 19.8 Å². The molecule has 6 heteroatoms. The van der Waals surface area contributed by atoms with Crippen molar-refractivity contribution < 1.29 is 0 Å². The van der Waals surface area contributed by atoms with Crippen LogP contribution >= 0.6 is 23.8 Å². The molecule has 2 aromatic rings. The number of rotatable bonds is 3. The van der Waals surface area contributed by atoms with Crippen LogP contribution in [0.4, 0.5) is 0 Å². The summed E-state index contributed by atoms with van der Waals surface area (Å²) < 4.78 is 2.42. The number of hydrogen-bond acceptors (Lipinski definition) is 3. The van der Waals surface area contributed by atoms with Crippen molar-refractivity contribution in [1.29, 1.82) is 0 Å². The topological polar surface area (TPSA) is 46.5 Å². The highest BCUT2D eigenvalue weighted by Gasteiger charge is 2.03. The first-order valence-electron chi connectivity index (χ1n) is 5.01. The molecule has 2 heterocycles. The Morgan fingerprint density at radius 2 is 2.25 bits per heavy atom. The van der Waals surface area contributed by atoms with Crippen LogP contribution < -0.4 is 0 Å². The molecule has 0 aliphatic rings. The lowest BCUT2D eigenvalue weighted by Gasteiger charge is -2.00. The summed E-state index contributed by atoms with van der Waals surface area (Å²) in [7, 11) is 0. The molecule has 2 rings (SSSR count). The lowest BCUT2D eigenvalue weighted by Crippen LogP contribution is -2.01. The molecule has 0 radical (unpaired) electrons. The molecule has 4 nitrogen and oxygen atoms in total. The van der Waals surface area contributed by atoms with Crippen LogP contribution in [0.25, 0.3) is 5.82 Å². The minimum Gasteiger partial charge on any atom is -0.296 e. The van der Waals surface area contributed by atoms with Gasteiger partial charge in [-0.2, -0.15) is 0 Å². The number of nitrogens with one attached hydrogen (secondary N) is 1. The maximum atomic E-state index is 5.67. The normalized spacial score (nSPS) is 10.6. The summed E-state index contributed by atoms with van der Waals surface area (Å²) >= 11 is 10.9. The zero-order chi connectivity index (χ0) is 11.5. The van der Waals surface area contributed by atoms with E-state index in [0.29, 0.717) is 15.6 Å². The van der Waals surface area contributed by atoms with Crippen LogP contribution in [0.5, 0.6) is 0 Å². The molecule has 0 amide bonds. The minimum absolute atomic E-state index is 0.371. The molecule has 0 unspecified atom stereocenters. The molecule has 0 saturated heterocycles. The fourth-order valence-corrected chi connectivity index (χ4v) is 1.82. The molecule has 0 aliphatic carbocycles. The fourth-order valence-electron chi connectivity index (χ4n) is 1.44. The summed E-state index contributed by atoms with van der Waals surface area (Å²) in [6, 6.07) is 5.40. The quantitative estimate of drug-likeness (QED) is 0.857. The van der Waals surface area contributed by atoms with Crippen LogP contribution in [0, 0.1) is 4.64 Å². The SMILES string of the molecule is CCCc1cc(=S)n(-c2ccc(Cl)nn2)[nH]1. The van der Waals surface area contributed by atoms with Crippen molar-refractivity contribution in [3.05, 3.63) is 33.7 Å². The number of aromatic amines is 1. The summed E-state index contributed by atoms with van der Waals surface area (Å²) in [5.74, 6) is 0.650. The minimum atomic E-state index is 0.371. The van der Waals surface area contributed by atoms with Crippen molar-refractivity contribution in [1.82, 2.24) is 20.0 Å². The first-order valence-corrected chi connectivity index (χ1v) is 5.80. The number of hydrogen-bond donors (Lipinski definition) is 1. The van der Waals surface area contributed by atoms with Crippen LogP contribution in [-0.4, -0.2) is 20.0 Å². The van der Waals surface area contributed by atoms with Crippen molar-refractivity contribution in [3.8, 4) is 5.82 Å². The van der Waals surface area contributed by atoms with Gasteiger partial charge in [0.25, 0.3) is 0 Å². The standard InChI is InChI=1S/C10H11ClN4S/c1-2-3-7-6-10(16)15(14-7)9-5-4-8(11)12-13-9/h4-6,14H,2-3H2,1H3. The second-order valence-electron chi connectivity index (χ2n) is 3.42. The van der Waals surface area contributed by atoms with Gasteiger partial charge in [-0.1, -0.05) is 37.2 Å². The van der Waals surface area contributed by atoms with E-state index in [1.54, 1.807) is 16.8 Å². The number of nitrogens with zero attached hydrogens (tertiary/aromatic N) is 3. The predicted octanol–water partition coefficient (Wildman–Crippen LogP) is 2.93. The van der Waals surface area contributed by atoms with Crippen LogP contribution in [0.15, 0.2) is 18.2 Å². The van der Waals surface area contributed by atoms with Gasteiger partial charge < -0.3 is 0 Å². The van der Waals surface area contributed by atoms with Gasteiger partial charge in [0.15, 0.2) is 11.0 Å². The summed E-state index contributed by atoms with van der Waals surface area (Å²) in [6.45, 7) is 2.12. The molecule has 0 fully saturated rings. The number of aryl methyl sites for hydroxylation is 1. The molecule has 0 aromatic carbocycles. The van der Waals surface area contributed by atoms with Gasteiger partial charge in [0.1, 0.15) is 4.64 Å². The van der Waals surface area contributed by atoms with Crippen LogP contribution in [0.3, 0.4) is 0 Å². The van der Waals surface area contributed by atoms with Crippen LogP contribution in [0.1, 0.15) is 19.0 Å². The highest BCUT2D eigenvalue weighted by Crippen LogP contribution is 2.09. The maximum absolute atomic E-state index is 5.67. The lowest BCUT2D eigenvalue weighted by molar-refractivity contribution is 0.769. The Morgan fingerprint density at radius 1 is 1.44 bits per heavy atom. The van der Waals surface area contributed by atoms with E-state index in [1.165, 1.54) is 0 Å². The largest absolute Gasteiger partial charge is 0.296 e. The van der Waals surface area contributed by atoms with Gasteiger partial charge in [-0.05, 0) is 24.6 Å². The lowest BCUT2D eigenvalue weighted by atomic mass is 10.3. The molecule has 0 spiro atoms. The van der Waals surface area contributed by atoms with E-state index in [4.69, 9.17) is 23.8 Å². The highest BCUT2D eigenvalue weighted by atomic mass is 35.5. The molecular formula is C10H11ClN4S. The fraction of sp³-hybridized carbons (Fsp3) is 0.300. The van der Waals surface area contributed by atoms with Crippen molar-refractivity contribution in [2.75, 3.05) is 0 Å². The number of H-pyrrole nitrogens is 1. The second-order valence-corrected chi connectivity index (χ2v) is 4.22. The van der Waals surface area contributed by atoms with Gasteiger partial charge >= 0.3 is 0 Å². The Morgan fingerprint density at radius 3 is 2.88 bits per heavy atom. The highest BCUT2D eigenvalue weighted by molar-refractivity contribution is 7.71. The van der Waals surface area contributed by atoms with E-state index >= 15 is 0 Å². The maximum Gasteiger partial charge on any atom is 0.175 e. The van der Waals surface area contributed by atoms with E-state index in [9.17, 15) is 0 Å². The zero-order valence-corrected chi connectivity index (χ0v) is 10.3. The Bertz CT molecular complexity index is 528. The van der Waals surface area contributed by atoms with Crippen molar-refractivity contribution >= 4 is 23.8 Å². The smallest absolute Gasteiger partial charge is 0.175 e. The average molecular weight is 255 g/mol. The molecule has 0 aliphatic heterocycles. The van der Waals surface area contributed by atoms with E-state index in [-0.39, 0.29) is 0 Å². The van der Waals surface area contributed by atoms with Crippen molar-refractivity contribution in [3.63, 3.8) is 0 Å². The predicted molar refractivity (Wildman–Crippen MR) is 65.5 cm³/mol. The Balaban J connectivity index is 2.40. The summed E-state index contributed by atoms with van der Waals surface area (Å²) in [5, 5.41) is 11.3. The second kappa shape index (κ2) is 4.76. The third-order valence-corrected chi connectivity index (χ3v) is 2.64. The third kappa shape index (κ3) is 2.31. The number of halogens is 1. The molecule has 0 bridgehead atoms. The van der Waals surface area contributed by atoms with Gasteiger partial charge in [0.05, 0.1) is 0 Å². The van der Waals surface area contributed by atoms with Gasteiger partial charge in [0.2, 0.25) is 0 Å². The van der Waals surface area contributed by atoms with E-state index < -0.39 is 0 Å². The molecule has 16 heavy (non-hydrogen) atoms. The summed E-state index contributed by atoms with van der Waals surface area (Å²) in [6.07, 6.45) is 2.04. The van der Waals surface area contributed by atoms with Crippen LogP contribution in [0.2, 0.25) is 5.15 Å². The van der Waals surface area contributed by atoms with Gasteiger partial charge in [-0.25, -0.2) is 4.68 Å². The first-order chi connectivity index (χ1) is 7.70. The van der Waals surface area contributed by atoms with Crippen LogP contribution in [-0.2, 0) is 6.42 Å². The Hall–Kier alpha value is -1.20. The Labute approximate surface area is 103 Å². The average Bonchev–Trinajstić information content (AvgIpc) is 2.61. The monoisotopic (exact) mass is 254 g/mol. The third-order valence-electron chi connectivity index (χ3n) is 2.14. The molecule has 84 valence electrons. The van der Waals surface area contributed by atoms with Crippen molar-refractivity contribution in [2.24, 2.45) is 0 Å². The summed E-state index contributed by atoms with van der Waals surface area (Å²) in [4.78, 5) is 0. The molecule has 0 saturated carbocycles. The molecule has 2 aromatic heterocycles. The summed E-state index contributed by atoms with van der Waals surface area (Å²) in [5.41, 5.74) is 1.10. The number of aromatic nitrogens is 4. The van der Waals surface area contributed by atoms with Gasteiger partial charge in [-0.15, -0.1) is 10.2 Å². The zero-order valence-electron chi connectivity index (χ0n) is 8.77. The molecular weight excluding hydrogens is 244 g/mol. The van der Waals surface area contributed by atoms with E-state index in [1.807, 2.05) is 6.07 Å². The molecule has 1 N–H and O–H groups in total. The molecule has 0 atom stereocenters. The Kier molecular flexibility index (Phi) is 3.36. The van der Waals surface area contributed by atoms with E-state index in [0.717, 1.165) is 18.5 Å². The van der Waals surface area contributed by atoms with E-state index in [2.05, 4.69) is 22.2 Å². The van der Waals surface area contributed by atoms with Gasteiger partial charge in [-0.3, -0.25) is 5.10 Å². The van der Waals surface area contributed by atoms with Gasteiger partial charge in [0, 0.05) is 5.69 Å².